The van der Waals surface area contributed by atoms with Gasteiger partial charge in [0.25, 0.3) is 0 Å². The van der Waals surface area contributed by atoms with Gasteiger partial charge in [-0.1, -0.05) is 22.6 Å². The smallest absolute Gasteiger partial charge is 0.0991 e. The molecule has 1 aliphatic carbocycles. The van der Waals surface area contributed by atoms with Crippen molar-refractivity contribution in [2.24, 2.45) is 0 Å². The fourth-order valence-corrected chi connectivity index (χ4v) is 3.48. The molecule has 20 heavy (non-hydrogen) atoms. The Morgan fingerprint density at radius 2 is 2.00 bits per heavy atom. The molecule has 3 rings (SSSR count). The van der Waals surface area contributed by atoms with Crippen LogP contribution in [0, 0.1) is 11.3 Å². The van der Waals surface area contributed by atoms with Gasteiger partial charge in [0.05, 0.1) is 17.1 Å². The molecule has 0 bridgehead atoms. The standard InChI is InChI=1S/C16H16IN3/c17-12-2-4-13(5-3-12)20-16-7-8-19-15-6-1-11(10-18)9-14(15)16/h1,6-9,12-13H,2-5H2,(H,19,20). The second kappa shape index (κ2) is 5.96. The van der Waals surface area contributed by atoms with Crippen LogP contribution in [0.2, 0.25) is 0 Å². The van der Waals surface area contributed by atoms with E-state index in [4.69, 9.17) is 5.26 Å². The number of rotatable bonds is 2. The highest BCUT2D eigenvalue weighted by atomic mass is 127. The summed E-state index contributed by atoms with van der Waals surface area (Å²) >= 11 is 2.55. The van der Waals surface area contributed by atoms with E-state index in [1.807, 2.05) is 30.5 Å². The topological polar surface area (TPSA) is 48.7 Å². The average molecular weight is 377 g/mol. The molecule has 0 amide bonds. The Bertz CT molecular complexity index is 654. The number of nitrogens with zero attached hydrogens (tertiary/aromatic N) is 2. The Morgan fingerprint density at radius 3 is 2.75 bits per heavy atom. The van der Waals surface area contributed by atoms with E-state index in [-0.39, 0.29) is 0 Å². The quantitative estimate of drug-likeness (QED) is 0.628. The van der Waals surface area contributed by atoms with Gasteiger partial charge in [-0.2, -0.15) is 5.26 Å². The van der Waals surface area contributed by atoms with Crippen molar-refractivity contribution in [1.82, 2.24) is 4.98 Å². The Kier molecular flexibility index (Phi) is 4.06. The lowest BCUT2D eigenvalue weighted by Gasteiger charge is -2.27. The zero-order valence-electron chi connectivity index (χ0n) is 11.1. The summed E-state index contributed by atoms with van der Waals surface area (Å²) in [5.74, 6) is 0. The lowest BCUT2D eigenvalue weighted by Crippen LogP contribution is -2.26. The van der Waals surface area contributed by atoms with Crippen LogP contribution in [0.1, 0.15) is 31.2 Å². The number of anilines is 1. The van der Waals surface area contributed by atoms with Gasteiger partial charge in [0.15, 0.2) is 0 Å². The lowest BCUT2D eigenvalue weighted by atomic mass is 9.95. The maximum Gasteiger partial charge on any atom is 0.0991 e. The first-order valence-corrected chi connectivity index (χ1v) is 8.20. The van der Waals surface area contributed by atoms with Crippen LogP contribution in [0.4, 0.5) is 5.69 Å². The second-order valence-corrected chi connectivity index (χ2v) is 7.06. The maximum absolute atomic E-state index is 9.05. The molecule has 0 saturated heterocycles. The van der Waals surface area contributed by atoms with E-state index in [0.29, 0.717) is 11.6 Å². The van der Waals surface area contributed by atoms with Gasteiger partial charge in [-0.25, -0.2) is 0 Å². The van der Waals surface area contributed by atoms with E-state index in [0.717, 1.165) is 20.5 Å². The fraction of sp³-hybridized carbons (Fsp3) is 0.375. The first kappa shape index (κ1) is 13.6. The van der Waals surface area contributed by atoms with Crippen LogP contribution >= 0.6 is 22.6 Å². The molecule has 3 nitrogen and oxygen atoms in total. The van der Waals surface area contributed by atoms with E-state index < -0.39 is 0 Å². The van der Waals surface area contributed by atoms with Crippen molar-refractivity contribution < 1.29 is 0 Å². The van der Waals surface area contributed by atoms with E-state index >= 15 is 0 Å². The summed E-state index contributed by atoms with van der Waals surface area (Å²) < 4.78 is 0.824. The first-order chi connectivity index (χ1) is 9.76. The highest BCUT2D eigenvalue weighted by Crippen LogP contribution is 2.29. The highest BCUT2D eigenvalue weighted by Gasteiger charge is 2.19. The third kappa shape index (κ3) is 2.88. The normalized spacial score (nSPS) is 22.4. The molecular weight excluding hydrogens is 361 g/mol. The minimum atomic E-state index is 0.539. The molecule has 1 aromatic heterocycles. The van der Waals surface area contributed by atoms with Crippen LogP contribution < -0.4 is 5.32 Å². The SMILES string of the molecule is N#Cc1ccc2nccc(NC3CCC(I)CC3)c2c1. The van der Waals surface area contributed by atoms with Crippen LogP contribution in [0.25, 0.3) is 10.9 Å². The zero-order chi connectivity index (χ0) is 13.9. The van der Waals surface area contributed by atoms with Gasteiger partial charge in [-0.3, -0.25) is 4.98 Å². The van der Waals surface area contributed by atoms with Crippen molar-refractivity contribution in [1.29, 1.82) is 5.26 Å². The van der Waals surface area contributed by atoms with Gasteiger partial charge in [0.2, 0.25) is 0 Å². The van der Waals surface area contributed by atoms with Gasteiger partial charge in [-0.05, 0) is 49.9 Å². The number of fused-ring (bicyclic) bond motifs is 1. The Morgan fingerprint density at radius 1 is 1.20 bits per heavy atom. The molecular formula is C16H16IN3. The zero-order valence-corrected chi connectivity index (χ0v) is 13.3. The summed E-state index contributed by atoms with van der Waals surface area (Å²) in [7, 11) is 0. The molecule has 0 aliphatic heterocycles. The van der Waals surface area contributed by atoms with Crippen LogP contribution in [0.5, 0.6) is 0 Å². The van der Waals surface area contributed by atoms with E-state index in [9.17, 15) is 0 Å². The molecule has 0 atom stereocenters. The molecule has 1 fully saturated rings. The summed E-state index contributed by atoms with van der Waals surface area (Å²) in [6, 6.07) is 10.4. The number of hydrogen-bond acceptors (Lipinski definition) is 3. The number of alkyl halides is 1. The molecule has 102 valence electrons. The number of halogens is 1. The summed E-state index contributed by atoms with van der Waals surface area (Å²) in [5, 5.41) is 13.7. The Balaban J connectivity index is 1.89. The van der Waals surface area contributed by atoms with Crippen molar-refractivity contribution in [3.63, 3.8) is 0 Å². The van der Waals surface area contributed by atoms with Gasteiger partial charge in [0, 0.05) is 27.2 Å². The third-order valence-corrected chi connectivity index (χ3v) is 5.13. The minimum Gasteiger partial charge on any atom is -0.382 e. The summed E-state index contributed by atoms with van der Waals surface area (Å²) in [4.78, 5) is 4.37. The van der Waals surface area contributed by atoms with Crippen molar-refractivity contribution >= 4 is 39.2 Å². The third-order valence-electron chi connectivity index (χ3n) is 3.89. The molecule has 1 heterocycles. The number of hydrogen-bond donors (Lipinski definition) is 1. The molecule has 1 aromatic carbocycles. The van der Waals surface area contributed by atoms with Crippen LogP contribution in [0.3, 0.4) is 0 Å². The number of aromatic nitrogens is 1. The van der Waals surface area contributed by atoms with E-state index in [2.05, 4.69) is 39.0 Å². The molecule has 1 saturated carbocycles. The van der Waals surface area contributed by atoms with Crippen molar-refractivity contribution in [3.8, 4) is 6.07 Å². The summed E-state index contributed by atoms with van der Waals surface area (Å²) in [6.07, 6.45) is 6.83. The van der Waals surface area contributed by atoms with Crippen LogP contribution in [-0.2, 0) is 0 Å². The van der Waals surface area contributed by atoms with Crippen molar-refractivity contribution in [2.45, 2.75) is 35.6 Å². The van der Waals surface area contributed by atoms with E-state index in [1.165, 1.54) is 25.7 Å². The predicted molar refractivity (Wildman–Crippen MR) is 90.1 cm³/mol. The first-order valence-electron chi connectivity index (χ1n) is 6.96. The highest BCUT2D eigenvalue weighted by molar-refractivity contribution is 14.1. The van der Waals surface area contributed by atoms with Gasteiger partial charge < -0.3 is 5.32 Å². The summed E-state index contributed by atoms with van der Waals surface area (Å²) in [6.45, 7) is 0. The molecule has 1 aliphatic rings. The van der Waals surface area contributed by atoms with Crippen LogP contribution in [0.15, 0.2) is 30.5 Å². The number of nitrogens with one attached hydrogen (secondary N) is 1. The molecule has 0 radical (unpaired) electrons. The number of pyridine rings is 1. The summed E-state index contributed by atoms with van der Waals surface area (Å²) in [5.41, 5.74) is 2.73. The Labute approximate surface area is 132 Å². The van der Waals surface area contributed by atoms with Gasteiger partial charge in [0.1, 0.15) is 0 Å². The van der Waals surface area contributed by atoms with Crippen molar-refractivity contribution in [3.05, 3.63) is 36.0 Å². The Hall–Kier alpha value is -1.35. The van der Waals surface area contributed by atoms with E-state index in [1.54, 1.807) is 0 Å². The average Bonchev–Trinajstić information content (AvgIpc) is 2.49. The molecule has 0 unspecified atom stereocenters. The molecule has 0 spiro atoms. The number of nitriles is 1. The van der Waals surface area contributed by atoms with Crippen LogP contribution in [-0.4, -0.2) is 15.0 Å². The largest absolute Gasteiger partial charge is 0.382 e. The minimum absolute atomic E-state index is 0.539. The lowest BCUT2D eigenvalue weighted by molar-refractivity contribution is 0.483. The van der Waals surface area contributed by atoms with Gasteiger partial charge in [-0.15, -0.1) is 0 Å². The number of benzene rings is 1. The maximum atomic E-state index is 9.05. The predicted octanol–water partition coefficient (Wildman–Crippen LogP) is 4.26. The molecule has 1 N–H and O–H groups in total. The molecule has 4 heteroatoms. The van der Waals surface area contributed by atoms with Gasteiger partial charge >= 0.3 is 0 Å². The monoisotopic (exact) mass is 377 g/mol. The molecule has 2 aromatic rings. The second-order valence-electron chi connectivity index (χ2n) is 5.30. The fourth-order valence-electron chi connectivity index (χ4n) is 2.76. The van der Waals surface area contributed by atoms with Crippen molar-refractivity contribution in [2.75, 3.05) is 5.32 Å².